The van der Waals surface area contributed by atoms with Crippen LogP contribution in [0.3, 0.4) is 0 Å². The zero-order valence-corrected chi connectivity index (χ0v) is 21.1. The number of likely N-dealkylation sites (tertiary alicyclic amines) is 1. The zero-order chi connectivity index (χ0) is 28.5. The quantitative estimate of drug-likeness (QED) is 0.481. The monoisotopic (exact) mass is 549 g/mol. The number of ether oxygens (including phenoxy) is 1. The molecule has 208 valence electrons. The van der Waals surface area contributed by atoms with Gasteiger partial charge >= 0.3 is 18.4 Å². The van der Waals surface area contributed by atoms with E-state index in [9.17, 15) is 32.3 Å². The predicted molar refractivity (Wildman–Crippen MR) is 131 cm³/mol. The van der Waals surface area contributed by atoms with Crippen LogP contribution in [0.4, 0.5) is 29.3 Å². The van der Waals surface area contributed by atoms with Crippen LogP contribution in [0, 0.1) is 5.92 Å². The van der Waals surface area contributed by atoms with E-state index in [-0.39, 0.29) is 25.3 Å². The van der Waals surface area contributed by atoms with E-state index in [1.165, 1.54) is 4.90 Å². The lowest BCUT2D eigenvalue weighted by Crippen LogP contribution is -2.43. The molecular weight excluding hydrogens is 523 g/mol. The van der Waals surface area contributed by atoms with Crippen molar-refractivity contribution < 1.29 is 42.2 Å². The number of carbonyl (C=O) groups excluding carboxylic acids is 3. The van der Waals surface area contributed by atoms with Crippen molar-refractivity contribution in [1.29, 1.82) is 0 Å². The van der Waals surface area contributed by atoms with E-state index >= 15 is 0 Å². The van der Waals surface area contributed by atoms with Crippen LogP contribution in [0.15, 0.2) is 42.7 Å². The third-order valence-electron chi connectivity index (χ3n) is 6.62. The summed E-state index contributed by atoms with van der Waals surface area (Å²) in [6, 6.07) is 5.77. The molecule has 4 amide bonds. The fraction of sp³-hybridized carbons (Fsp3) is 0.400. The van der Waals surface area contributed by atoms with Gasteiger partial charge in [0.25, 0.3) is 5.91 Å². The van der Waals surface area contributed by atoms with Gasteiger partial charge in [0.1, 0.15) is 5.54 Å². The second kappa shape index (κ2) is 10.5. The van der Waals surface area contributed by atoms with Crippen LogP contribution in [0.25, 0.3) is 0 Å². The Balaban J connectivity index is 1.59. The molecule has 1 aromatic carbocycles. The lowest BCUT2D eigenvalue weighted by Gasteiger charge is -2.27. The molecule has 4 rings (SSSR count). The highest BCUT2D eigenvalue weighted by Crippen LogP contribution is 2.38. The van der Waals surface area contributed by atoms with Gasteiger partial charge in [-0.25, -0.2) is 9.69 Å². The molecule has 1 aromatic heterocycles. The van der Waals surface area contributed by atoms with E-state index in [1.807, 2.05) is 0 Å². The number of nitrogens with zero attached hydrogens (tertiary/aromatic N) is 4. The Hall–Kier alpha value is -4.20. The van der Waals surface area contributed by atoms with Gasteiger partial charge < -0.3 is 20.1 Å². The van der Waals surface area contributed by atoms with Crippen molar-refractivity contribution in [2.24, 2.45) is 5.92 Å². The molecule has 1 atom stereocenters. The number of carboxylic acids is 1. The van der Waals surface area contributed by atoms with Crippen molar-refractivity contribution in [3.05, 3.63) is 48.3 Å². The maximum atomic E-state index is 13.4. The normalized spacial score (nSPS) is 19.5. The predicted octanol–water partition coefficient (Wildman–Crippen LogP) is 3.07. The second-order valence-electron chi connectivity index (χ2n) is 9.76. The summed E-state index contributed by atoms with van der Waals surface area (Å²) in [7, 11) is 0. The van der Waals surface area contributed by atoms with Gasteiger partial charge in [0.05, 0.1) is 23.8 Å². The van der Waals surface area contributed by atoms with Crippen molar-refractivity contribution >= 4 is 35.2 Å². The molecule has 2 aliphatic heterocycles. The highest BCUT2D eigenvalue weighted by atomic mass is 19.4. The topological polar surface area (TPSA) is 132 Å². The first-order valence-electron chi connectivity index (χ1n) is 12.0. The zero-order valence-electron chi connectivity index (χ0n) is 21.1. The van der Waals surface area contributed by atoms with E-state index in [4.69, 9.17) is 5.11 Å². The Labute approximate surface area is 221 Å². The maximum Gasteiger partial charge on any atom is 0.573 e. The highest BCUT2D eigenvalue weighted by Gasteiger charge is 2.52. The summed E-state index contributed by atoms with van der Waals surface area (Å²) in [6.45, 7) is 3.37. The molecule has 2 aromatic rings. The summed E-state index contributed by atoms with van der Waals surface area (Å²) >= 11 is 0. The smallest absolute Gasteiger partial charge is 0.481 e. The number of alkyl halides is 3. The molecule has 0 radical (unpaired) electrons. The second-order valence-corrected chi connectivity index (χ2v) is 9.76. The van der Waals surface area contributed by atoms with Crippen molar-refractivity contribution in [3.8, 4) is 5.75 Å². The fourth-order valence-electron chi connectivity index (χ4n) is 4.54. The number of hydrogen-bond acceptors (Lipinski definition) is 7. The number of imide groups is 1. The van der Waals surface area contributed by atoms with Gasteiger partial charge in [0.2, 0.25) is 5.91 Å². The molecule has 2 fully saturated rings. The van der Waals surface area contributed by atoms with E-state index in [0.29, 0.717) is 13.0 Å². The molecule has 3 heterocycles. The summed E-state index contributed by atoms with van der Waals surface area (Å²) in [4.78, 5) is 58.2. The molecule has 2 saturated heterocycles. The number of benzene rings is 1. The number of carbonyl (C=O) groups is 4. The largest absolute Gasteiger partial charge is 0.573 e. The first-order chi connectivity index (χ1) is 18.3. The first-order valence-corrected chi connectivity index (χ1v) is 12.0. The first kappa shape index (κ1) is 27.8. The number of hydrogen-bond donors (Lipinski definition) is 2. The van der Waals surface area contributed by atoms with Gasteiger partial charge in [-0.1, -0.05) is 0 Å². The van der Waals surface area contributed by atoms with Crippen molar-refractivity contribution in [2.75, 3.05) is 29.9 Å². The van der Waals surface area contributed by atoms with Crippen LogP contribution in [0.5, 0.6) is 5.75 Å². The van der Waals surface area contributed by atoms with E-state index < -0.39 is 53.1 Å². The Morgan fingerprint density at radius 3 is 2.49 bits per heavy atom. The molecular formula is C25H26F3N5O6. The van der Waals surface area contributed by atoms with Crippen molar-refractivity contribution in [3.63, 3.8) is 0 Å². The summed E-state index contributed by atoms with van der Waals surface area (Å²) in [6.07, 6.45) is -1.65. The average Bonchev–Trinajstić information content (AvgIpc) is 3.38. The fourth-order valence-corrected chi connectivity index (χ4v) is 4.54. The van der Waals surface area contributed by atoms with Crippen molar-refractivity contribution in [2.45, 2.75) is 38.7 Å². The van der Waals surface area contributed by atoms with E-state index in [2.05, 4.69) is 15.0 Å². The molecule has 14 heteroatoms. The summed E-state index contributed by atoms with van der Waals surface area (Å²) in [5.74, 6) is -3.70. The lowest BCUT2D eigenvalue weighted by atomic mass is 10.0. The molecule has 2 aliphatic rings. The number of nitrogens with one attached hydrogen (secondary N) is 1. The van der Waals surface area contributed by atoms with Gasteiger partial charge in [0, 0.05) is 25.5 Å². The number of pyridine rings is 1. The van der Waals surface area contributed by atoms with E-state index in [1.54, 1.807) is 43.3 Å². The van der Waals surface area contributed by atoms with E-state index in [0.717, 1.165) is 28.7 Å². The van der Waals surface area contributed by atoms with Gasteiger partial charge in [-0.2, -0.15) is 0 Å². The third-order valence-corrected chi connectivity index (χ3v) is 6.62. The van der Waals surface area contributed by atoms with Gasteiger partial charge in [-0.3, -0.25) is 24.3 Å². The minimum atomic E-state index is -5.08. The standard InChI is InChI=1S/C25H26F3N5O6/c1-24(2)22(37)33(23(38)32(24)12-15-5-8-29-9-6-15)17-3-4-19(39-25(26,27)28)18(11-17)30-20(34)14-31-10-7-16(13-31)21(35)36/h3-6,8-9,11,16H,7,10,12-14H2,1-2H3,(H,30,34)(H,35,36). The van der Waals surface area contributed by atoms with Gasteiger partial charge in [-0.15, -0.1) is 13.2 Å². The molecule has 1 unspecified atom stereocenters. The number of anilines is 2. The Morgan fingerprint density at radius 1 is 1.18 bits per heavy atom. The minimum Gasteiger partial charge on any atom is -0.481 e. The van der Waals surface area contributed by atoms with Crippen LogP contribution in [-0.4, -0.2) is 75.2 Å². The Kier molecular flexibility index (Phi) is 7.50. The number of carboxylic acid groups (broad SMARTS) is 1. The molecule has 39 heavy (non-hydrogen) atoms. The van der Waals surface area contributed by atoms with Gasteiger partial charge in [0.15, 0.2) is 5.75 Å². The van der Waals surface area contributed by atoms with Crippen LogP contribution in [0.2, 0.25) is 0 Å². The molecule has 0 bridgehead atoms. The number of aromatic nitrogens is 1. The molecule has 2 N–H and O–H groups in total. The number of rotatable bonds is 8. The number of halogens is 3. The SMILES string of the molecule is CC1(C)C(=O)N(c2ccc(OC(F)(F)F)c(NC(=O)CN3CCC(C(=O)O)C3)c2)C(=O)N1Cc1ccncc1. The number of amides is 4. The van der Waals surface area contributed by atoms with Crippen LogP contribution >= 0.6 is 0 Å². The van der Waals surface area contributed by atoms with Crippen LogP contribution < -0.4 is 15.0 Å². The third kappa shape index (κ3) is 6.11. The molecule has 0 aliphatic carbocycles. The van der Waals surface area contributed by atoms with Crippen LogP contribution in [-0.2, 0) is 20.9 Å². The van der Waals surface area contributed by atoms with Gasteiger partial charge in [-0.05, 0) is 62.7 Å². The average molecular weight is 550 g/mol. The Morgan fingerprint density at radius 2 is 1.87 bits per heavy atom. The van der Waals surface area contributed by atoms with Crippen LogP contribution in [0.1, 0.15) is 25.8 Å². The molecule has 0 spiro atoms. The summed E-state index contributed by atoms with van der Waals surface area (Å²) in [5.41, 5.74) is -1.03. The molecule has 0 saturated carbocycles. The maximum absolute atomic E-state index is 13.4. The highest BCUT2D eigenvalue weighted by molar-refractivity contribution is 6.23. The number of aliphatic carboxylic acids is 1. The Bertz CT molecular complexity index is 1290. The summed E-state index contributed by atoms with van der Waals surface area (Å²) in [5, 5.41) is 11.5. The summed E-state index contributed by atoms with van der Waals surface area (Å²) < 4.78 is 43.2. The molecule has 11 nitrogen and oxygen atoms in total. The minimum absolute atomic E-state index is 0.0627. The van der Waals surface area contributed by atoms with Crippen molar-refractivity contribution in [1.82, 2.24) is 14.8 Å². The lowest BCUT2D eigenvalue weighted by molar-refractivity contribution is -0.274. The number of urea groups is 1.